The van der Waals surface area contributed by atoms with Crippen LogP contribution >= 0.6 is 0 Å². The van der Waals surface area contributed by atoms with E-state index in [1.54, 1.807) is 0 Å². The largest absolute Gasteiger partial charge is 0.452 e. The van der Waals surface area contributed by atoms with Gasteiger partial charge in [0.05, 0.1) is 0 Å². The van der Waals surface area contributed by atoms with Crippen molar-refractivity contribution in [2.24, 2.45) is 0 Å². The Kier molecular flexibility index (Phi) is 3.17. The minimum Gasteiger partial charge on any atom is -0.427 e. The van der Waals surface area contributed by atoms with Crippen molar-refractivity contribution in [1.82, 2.24) is 0 Å². The topological polar surface area (TPSA) is 74.6 Å². The zero-order chi connectivity index (χ0) is 7.49. The lowest BCUT2D eigenvalue weighted by Crippen LogP contribution is -2.16. The summed E-state index contributed by atoms with van der Waals surface area (Å²) in [6.07, 6.45) is 0.939. The summed E-state index contributed by atoms with van der Waals surface area (Å²) >= 11 is 0. The lowest BCUT2D eigenvalue weighted by atomic mass is 9.88. The van der Waals surface area contributed by atoms with Gasteiger partial charge in [-0.2, -0.15) is 0 Å². The fourth-order valence-electron chi connectivity index (χ4n) is 0.319. The number of rotatable bonds is 3. The summed E-state index contributed by atoms with van der Waals surface area (Å²) in [5.74, 6) is -0.176. The van der Waals surface area contributed by atoms with Crippen molar-refractivity contribution in [3.8, 4) is 0 Å². The van der Waals surface area contributed by atoms with Crippen molar-refractivity contribution in [3.05, 3.63) is 0 Å². The Balaban J connectivity index is 3.53. The quantitative estimate of drug-likeness (QED) is 0.482. The summed E-state index contributed by atoms with van der Waals surface area (Å²) in [5, 5.41) is 16.4. The Morgan fingerprint density at radius 2 is 1.89 bits per heavy atom. The van der Waals surface area contributed by atoms with Crippen molar-refractivity contribution in [3.63, 3.8) is 0 Å². The molecule has 9 heavy (non-hydrogen) atoms. The van der Waals surface area contributed by atoms with Crippen LogP contribution in [-0.2, 0) is 9.84 Å². The van der Waals surface area contributed by atoms with Crippen LogP contribution in [0, 0.1) is 0 Å². The SMILES string of the molecule is CS(=O)(=O)CCB(O)O. The highest BCUT2D eigenvalue weighted by molar-refractivity contribution is 7.90. The lowest BCUT2D eigenvalue weighted by Gasteiger charge is -1.94. The molecule has 0 fully saturated rings. The van der Waals surface area contributed by atoms with Crippen LogP contribution in [0.1, 0.15) is 0 Å². The molecule has 2 N–H and O–H groups in total. The molecule has 54 valence electrons. The van der Waals surface area contributed by atoms with E-state index in [-0.39, 0.29) is 12.1 Å². The highest BCUT2D eigenvalue weighted by atomic mass is 32.2. The molecule has 0 aliphatic heterocycles. The first-order valence-corrected chi connectivity index (χ1v) is 4.52. The van der Waals surface area contributed by atoms with Crippen LogP contribution in [0.4, 0.5) is 0 Å². The van der Waals surface area contributed by atoms with Crippen molar-refractivity contribution in [2.75, 3.05) is 12.0 Å². The van der Waals surface area contributed by atoms with Crippen molar-refractivity contribution < 1.29 is 18.5 Å². The number of hydrogen-bond donors (Lipinski definition) is 2. The third-order valence-corrected chi connectivity index (χ3v) is 1.72. The minimum atomic E-state index is -3.04. The Hall–Kier alpha value is -0.0651. The van der Waals surface area contributed by atoms with E-state index in [0.717, 1.165) is 6.26 Å². The highest BCUT2D eigenvalue weighted by Crippen LogP contribution is 1.90. The van der Waals surface area contributed by atoms with Gasteiger partial charge in [0, 0.05) is 12.0 Å². The zero-order valence-corrected chi connectivity index (χ0v) is 5.93. The van der Waals surface area contributed by atoms with Crippen LogP contribution in [0.2, 0.25) is 6.32 Å². The van der Waals surface area contributed by atoms with E-state index in [2.05, 4.69) is 0 Å². The predicted molar refractivity (Wildman–Crippen MR) is 34.7 cm³/mol. The maximum atomic E-state index is 10.3. The average molecular weight is 152 g/mol. The van der Waals surface area contributed by atoms with Gasteiger partial charge in [0.25, 0.3) is 0 Å². The normalized spacial score (nSPS) is 11.4. The molecule has 0 saturated carbocycles. The smallest absolute Gasteiger partial charge is 0.427 e. The van der Waals surface area contributed by atoms with Gasteiger partial charge in [-0.15, -0.1) is 0 Å². The van der Waals surface area contributed by atoms with Gasteiger partial charge in [0.2, 0.25) is 0 Å². The summed E-state index contributed by atoms with van der Waals surface area (Å²) in [5.41, 5.74) is 0. The molecule has 0 heterocycles. The molecule has 0 atom stereocenters. The van der Waals surface area contributed by atoms with Gasteiger partial charge in [-0.3, -0.25) is 0 Å². The van der Waals surface area contributed by atoms with Crippen LogP contribution in [0.25, 0.3) is 0 Å². The molecule has 0 amide bonds. The van der Waals surface area contributed by atoms with Crippen molar-refractivity contribution in [2.45, 2.75) is 6.32 Å². The Morgan fingerprint density at radius 3 is 2.00 bits per heavy atom. The molecular formula is C3H9BO4S. The van der Waals surface area contributed by atoms with E-state index in [4.69, 9.17) is 10.0 Å². The summed E-state index contributed by atoms with van der Waals surface area (Å²) in [7, 11) is -4.55. The van der Waals surface area contributed by atoms with Crippen LogP contribution in [0.15, 0.2) is 0 Å². The van der Waals surface area contributed by atoms with E-state index in [1.165, 1.54) is 0 Å². The van der Waals surface area contributed by atoms with E-state index >= 15 is 0 Å². The highest BCUT2D eigenvalue weighted by Gasteiger charge is 2.10. The minimum absolute atomic E-state index is 0.112. The summed E-state index contributed by atoms with van der Waals surface area (Å²) in [4.78, 5) is 0. The van der Waals surface area contributed by atoms with Gasteiger partial charge in [-0.05, 0) is 6.32 Å². The molecule has 0 spiro atoms. The first-order chi connectivity index (χ1) is 3.92. The first kappa shape index (κ1) is 8.93. The number of sulfone groups is 1. The summed E-state index contributed by atoms with van der Waals surface area (Å²) in [6, 6.07) is 0. The Bertz CT molecular complexity index is 161. The Labute approximate surface area is 54.6 Å². The monoisotopic (exact) mass is 152 g/mol. The second-order valence-electron chi connectivity index (χ2n) is 1.90. The third kappa shape index (κ3) is 7.93. The van der Waals surface area contributed by atoms with Gasteiger partial charge in [-0.1, -0.05) is 0 Å². The molecule has 4 nitrogen and oxygen atoms in total. The molecular weight excluding hydrogens is 143 g/mol. The van der Waals surface area contributed by atoms with Gasteiger partial charge < -0.3 is 10.0 Å². The molecule has 0 aromatic heterocycles. The molecule has 0 aromatic rings. The average Bonchev–Trinajstić information content (AvgIpc) is 1.59. The van der Waals surface area contributed by atoms with E-state index in [9.17, 15) is 8.42 Å². The zero-order valence-electron chi connectivity index (χ0n) is 5.11. The van der Waals surface area contributed by atoms with Crippen LogP contribution in [0.5, 0.6) is 0 Å². The van der Waals surface area contributed by atoms with E-state index < -0.39 is 17.0 Å². The van der Waals surface area contributed by atoms with Gasteiger partial charge in [0.15, 0.2) is 0 Å². The molecule has 0 bridgehead atoms. The molecule has 6 heteroatoms. The van der Waals surface area contributed by atoms with Crippen LogP contribution < -0.4 is 0 Å². The molecule has 0 aliphatic rings. The Morgan fingerprint density at radius 1 is 1.44 bits per heavy atom. The fourth-order valence-corrected chi connectivity index (χ4v) is 0.958. The molecule has 0 saturated heterocycles. The van der Waals surface area contributed by atoms with E-state index in [0.29, 0.717) is 0 Å². The van der Waals surface area contributed by atoms with Gasteiger partial charge >= 0.3 is 7.12 Å². The molecule has 0 aliphatic carbocycles. The number of hydrogen-bond acceptors (Lipinski definition) is 4. The van der Waals surface area contributed by atoms with E-state index in [1.807, 2.05) is 0 Å². The summed E-state index contributed by atoms with van der Waals surface area (Å²) in [6.45, 7) is 0. The maximum Gasteiger partial charge on any atom is 0.452 e. The van der Waals surface area contributed by atoms with Crippen molar-refractivity contribution >= 4 is 17.0 Å². The van der Waals surface area contributed by atoms with Gasteiger partial charge in [-0.25, -0.2) is 8.42 Å². The fraction of sp³-hybridized carbons (Fsp3) is 1.00. The molecule has 0 unspecified atom stereocenters. The van der Waals surface area contributed by atoms with Crippen molar-refractivity contribution in [1.29, 1.82) is 0 Å². The molecule has 0 rings (SSSR count). The predicted octanol–water partition coefficient (Wildman–Crippen LogP) is -1.50. The lowest BCUT2D eigenvalue weighted by molar-refractivity contribution is 0.408. The van der Waals surface area contributed by atoms with Crippen LogP contribution in [0.3, 0.4) is 0 Å². The first-order valence-electron chi connectivity index (χ1n) is 2.45. The maximum absolute atomic E-state index is 10.3. The second-order valence-corrected chi connectivity index (χ2v) is 4.16. The van der Waals surface area contributed by atoms with Crippen LogP contribution in [-0.4, -0.2) is 37.6 Å². The summed E-state index contributed by atoms with van der Waals surface area (Å²) < 4.78 is 20.6. The molecule has 0 radical (unpaired) electrons. The standard InChI is InChI=1S/C3H9BO4S/c1-9(7,8)3-2-4(5)6/h5-6H,2-3H2,1H3. The van der Waals surface area contributed by atoms with Gasteiger partial charge in [0.1, 0.15) is 9.84 Å². The molecule has 0 aromatic carbocycles. The second kappa shape index (κ2) is 3.19. The third-order valence-electron chi connectivity index (χ3n) is 0.747.